The van der Waals surface area contributed by atoms with Gasteiger partial charge in [0.25, 0.3) is 0 Å². The molecule has 0 fully saturated rings. The highest BCUT2D eigenvalue weighted by Gasteiger charge is 2.18. The third-order valence-corrected chi connectivity index (χ3v) is 9.59. The van der Waals surface area contributed by atoms with Crippen LogP contribution in [0.4, 0.5) is 0 Å². The number of aromatic nitrogens is 2. The quantitative estimate of drug-likeness (QED) is 0.193. The highest BCUT2D eigenvalue weighted by atomic mass is 15.0. The highest BCUT2D eigenvalue weighted by Crippen LogP contribution is 2.39. The number of rotatable bonds is 4. The van der Waals surface area contributed by atoms with Gasteiger partial charge in [-0.2, -0.15) is 15.8 Å². The van der Waals surface area contributed by atoms with Crippen LogP contribution in [-0.2, 0) is 0 Å². The summed E-state index contributed by atoms with van der Waals surface area (Å²) < 4.78 is 4.40. The molecule has 0 saturated carbocycles. The van der Waals surface area contributed by atoms with E-state index in [0.717, 1.165) is 66.5 Å². The molecule has 0 aliphatic rings. The molecule has 0 unspecified atom stereocenters. The summed E-state index contributed by atoms with van der Waals surface area (Å²) in [6, 6.07) is 57.9. The Morgan fingerprint density at radius 1 is 0.400 bits per heavy atom. The van der Waals surface area contributed by atoms with Gasteiger partial charge >= 0.3 is 0 Å². The first kappa shape index (κ1) is 28.8. The summed E-state index contributed by atoms with van der Waals surface area (Å²) in [7, 11) is 0. The summed E-state index contributed by atoms with van der Waals surface area (Å²) in [5.74, 6) is 0. The number of hydrogen-bond donors (Lipinski definition) is 0. The number of para-hydroxylation sites is 4. The Morgan fingerprint density at radius 3 is 1.76 bits per heavy atom. The lowest BCUT2D eigenvalue weighted by atomic mass is 9.95. The van der Waals surface area contributed by atoms with Crippen LogP contribution in [0.1, 0.15) is 16.7 Å². The molecule has 5 nitrogen and oxygen atoms in total. The standard InChI is InChI=1S/C45H25N5/c46-26-29-16-21-44-40(24-29)39-12-7-8-32(28-48)45(39)49(44)35-19-17-31(18-20-35)33-22-30(27-47)23-34(25-33)36-9-1-4-13-41(36)50-42-14-5-2-10-37(42)38-11-3-6-15-43(38)50/h1-25H. The number of nitrogens with zero attached hydrogens (tertiary/aromatic N) is 5. The topological polar surface area (TPSA) is 81.2 Å². The smallest absolute Gasteiger partial charge is 0.101 e. The predicted molar refractivity (Wildman–Crippen MR) is 200 cm³/mol. The van der Waals surface area contributed by atoms with E-state index in [2.05, 4.69) is 112 Å². The van der Waals surface area contributed by atoms with Crippen molar-refractivity contribution in [3.63, 3.8) is 0 Å². The van der Waals surface area contributed by atoms with Crippen molar-refractivity contribution < 1.29 is 0 Å². The minimum atomic E-state index is 0.564. The number of nitriles is 3. The fourth-order valence-electron chi connectivity index (χ4n) is 7.41. The summed E-state index contributed by atoms with van der Waals surface area (Å²) in [4.78, 5) is 0. The monoisotopic (exact) mass is 635 g/mol. The summed E-state index contributed by atoms with van der Waals surface area (Å²) >= 11 is 0. The second-order valence-electron chi connectivity index (χ2n) is 12.3. The summed E-state index contributed by atoms with van der Waals surface area (Å²) in [5, 5.41) is 34.0. The van der Waals surface area contributed by atoms with Crippen molar-refractivity contribution in [1.82, 2.24) is 9.13 Å². The molecule has 9 rings (SSSR count). The second kappa shape index (κ2) is 11.4. The van der Waals surface area contributed by atoms with Gasteiger partial charge in [0, 0.05) is 32.8 Å². The highest BCUT2D eigenvalue weighted by molar-refractivity contribution is 6.12. The van der Waals surface area contributed by atoms with Crippen LogP contribution in [0.25, 0.3) is 77.2 Å². The minimum absolute atomic E-state index is 0.564. The van der Waals surface area contributed by atoms with E-state index in [0.29, 0.717) is 16.7 Å². The van der Waals surface area contributed by atoms with Gasteiger partial charge in [0.05, 0.1) is 56.6 Å². The van der Waals surface area contributed by atoms with Crippen molar-refractivity contribution >= 4 is 43.6 Å². The molecule has 0 N–H and O–H groups in total. The Balaban J connectivity index is 1.19. The van der Waals surface area contributed by atoms with E-state index >= 15 is 0 Å². The van der Waals surface area contributed by atoms with Gasteiger partial charge in [-0.3, -0.25) is 0 Å². The van der Waals surface area contributed by atoms with Gasteiger partial charge < -0.3 is 9.13 Å². The van der Waals surface area contributed by atoms with E-state index < -0.39 is 0 Å². The molecule has 9 aromatic rings. The average Bonchev–Trinajstić information content (AvgIpc) is 3.70. The third kappa shape index (κ3) is 4.38. The molecule has 7 aromatic carbocycles. The fourth-order valence-corrected chi connectivity index (χ4v) is 7.41. The largest absolute Gasteiger partial charge is 0.309 e. The Kier molecular flexibility index (Phi) is 6.56. The Hall–Kier alpha value is -7.39. The zero-order chi connectivity index (χ0) is 33.8. The average molecular weight is 636 g/mol. The lowest BCUT2D eigenvalue weighted by Gasteiger charge is -2.15. The maximum absolute atomic E-state index is 10.2. The number of benzene rings is 7. The molecule has 0 atom stereocenters. The Labute approximate surface area is 287 Å². The zero-order valence-corrected chi connectivity index (χ0v) is 26.7. The predicted octanol–water partition coefficient (Wildman–Crippen LogP) is 10.8. The van der Waals surface area contributed by atoms with Crippen LogP contribution in [-0.4, -0.2) is 9.13 Å². The van der Waals surface area contributed by atoms with E-state index in [9.17, 15) is 15.8 Å². The number of fused-ring (bicyclic) bond motifs is 6. The molecule has 0 radical (unpaired) electrons. The molecule has 0 saturated heterocycles. The molecular weight excluding hydrogens is 611 g/mol. The van der Waals surface area contributed by atoms with Gasteiger partial charge in [0.1, 0.15) is 6.07 Å². The molecule has 5 heteroatoms. The van der Waals surface area contributed by atoms with Crippen LogP contribution in [0.3, 0.4) is 0 Å². The molecule has 0 aliphatic heterocycles. The lowest BCUT2D eigenvalue weighted by molar-refractivity contribution is 1.17. The number of hydrogen-bond acceptors (Lipinski definition) is 3. The van der Waals surface area contributed by atoms with Gasteiger partial charge in [-0.05, 0) is 89.5 Å². The van der Waals surface area contributed by atoms with Gasteiger partial charge in [0.2, 0.25) is 0 Å². The van der Waals surface area contributed by atoms with E-state index in [1.54, 1.807) is 0 Å². The lowest BCUT2D eigenvalue weighted by Crippen LogP contribution is -1.98. The Bertz CT molecular complexity index is 2900. The first-order valence-electron chi connectivity index (χ1n) is 16.3. The van der Waals surface area contributed by atoms with E-state index in [1.807, 2.05) is 66.7 Å². The van der Waals surface area contributed by atoms with Crippen molar-refractivity contribution in [3.05, 3.63) is 168 Å². The zero-order valence-electron chi connectivity index (χ0n) is 26.7. The summed E-state index contributed by atoms with van der Waals surface area (Å²) in [6.07, 6.45) is 0. The van der Waals surface area contributed by atoms with Crippen LogP contribution in [0.2, 0.25) is 0 Å². The molecule has 50 heavy (non-hydrogen) atoms. The van der Waals surface area contributed by atoms with Crippen molar-refractivity contribution in [2.75, 3.05) is 0 Å². The minimum Gasteiger partial charge on any atom is -0.309 e. The SMILES string of the molecule is N#Cc1cc(-c2ccc(-n3c4ccc(C#N)cc4c4cccc(C#N)c43)cc2)cc(-c2ccccc2-n2c3ccccc3c3ccccc32)c1. The van der Waals surface area contributed by atoms with Crippen LogP contribution in [0, 0.1) is 34.0 Å². The van der Waals surface area contributed by atoms with Crippen molar-refractivity contribution in [2.45, 2.75) is 0 Å². The molecule has 2 heterocycles. The van der Waals surface area contributed by atoms with Gasteiger partial charge in [-0.15, -0.1) is 0 Å². The normalized spacial score (nSPS) is 11.1. The molecule has 0 spiro atoms. The van der Waals surface area contributed by atoms with Crippen LogP contribution < -0.4 is 0 Å². The maximum Gasteiger partial charge on any atom is 0.101 e. The van der Waals surface area contributed by atoms with E-state index in [-0.39, 0.29) is 0 Å². The molecule has 0 aliphatic carbocycles. The van der Waals surface area contributed by atoms with Crippen LogP contribution in [0.15, 0.2) is 152 Å². The third-order valence-electron chi connectivity index (χ3n) is 9.59. The van der Waals surface area contributed by atoms with Crippen molar-refractivity contribution in [3.8, 4) is 51.8 Å². The van der Waals surface area contributed by atoms with Gasteiger partial charge in [-0.25, -0.2) is 0 Å². The van der Waals surface area contributed by atoms with Gasteiger partial charge in [-0.1, -0.05) is 78.9 Å². The fraction of sp³-hybridized carbons (Fsp3) is 0. The van der Waals surface area contributed by atoms with E-state index in [1.165, 1.54) is 10.8 Å². The van der Waals surface area contributed by atoms with Crippen molar-refractivity contribution in [1.29, 1.82) is 15.8 Å². The Morgan fingerprint density at radius 2 is 1.04 bits per heavy atom. The molecule has 0 bridgehead atoms. The molecule has 2 aromatic heterocycles. The molecular formula is C45H25N5. The second-order valence-corrected chi connectivity index (χ2v) is 12.3. The molecule has 0 amide bonds. The summed E-state index contributed by atoms with van der Waals surface area (Å²) in [5.41, 5.74) is 11.5. The first-order chi connectivity index (χ1) is 24.7. The van der Waals surface area contributed by atoms with E-state index in [4.69, 9.17) is 0 Å². The molecule has 230 valence electrons. The maximum atomic E-state index is 10.2. The summed E-state index contributed by atoms with van der Waals surface area (Å²) in [6.45, 7) is 0. The van der Waals surface area contributed by atoms with Crippen molar-refractivity contribution in [2.24, 2.45) is 0 Å². The van der Waals surface area contributed by atoms with Crippen LogP contribution >= 0.6 is 0 Å². The van der Waals surface area contributed by atoms with Crippen LogP contribution in [0.5, 0.6) is 0 Å². The van der Waals surface area contributed by atoms with Gasteiger partial charge in [0.15, 0.2) is 0 Å². The first-order valence-corrected chi connectivity index (χ1v) is 16.3.